The molecule has 0 fully saturated rings. The van der Waals surface area contributed by atoms with Gasteiger partial charge in [-0.3, -0.25) is 14.5 Å². The number of hydrogen-bond donors (Lipinski definition) is 2. The minimum absolute atomic E-state index is 0.000951. The lowest BCUT2D eigenvalue weighted by Gasteiger charge is -2.30. The number of imide groups is 1. The van der Waals surface area contributed by atoms with Gasteiger partial charge in [-0.1, -0.05) is 26.0 Å². The number of carbonyl (C=O) groups excluding carboxylic acids is 5. The van der Waals surface area contributed by atoms with Crippen LogP contribution in [0.15, 0.2) is 58.3 Å². The number of ether oxygens (including phenoxy) is 2. The van der Waals surface area contributed by atoms with Gasteiger partial charge in [-0.25, -0.2) is 14.4 Å². The van der Waals surface area contributed by atoms with Crippen molar-refractivity contribution < 1.29 is 37.9 Å². The second kappa shape index (κ2) is 10.1. The van der Waals surface area contributed by atoms with E-state index < -0.39 is 54.4 Å². The summed E-state index contributed by atoms with van der Waals surface area (Å²) in [6, 6.07) is 6.65. The zero-order valence-corrected chi connectivity index (χ0v) is 19.9. The standard InChI is InChI=1S/C25H25N3O8/c1-4-34-23(31)18-16(26-25(33)27-19(18)17-10-7-11-35-17)12-36-24(32)20(13(2)3)28-21(29)14-8-5-6-9-15(14)22(28)30/h5-11,13,19-20H,4,12H2,1-3H3,(H2,26,27,33)/t19-,20+/m1/s1. The number of rotatable bonds is 8. The first-order valence-electron chi connectivity index (χ1n) is 11.4. The molecule has 2 N–H and O–H groups in total. The van der Waals surface area contributed by atoms with Gasteiger partial charge in [0.1, 0.15) is 24.5 Å². The lowest BCUT2D eigenvalue weighted by atomic mass is 10.00. The van der Waals surface area contributed by atoms with E-state index in [4.69, 9.17) is 13.9 Å². The number of carbonyl (C=O) groups is 5. The van der Waals surface area contributed by atoms with Gasteiger partial charge in [-0.2, -0.15) is 0 Å². The third kappa shape index (κ3) is 4.47. The van der Waals surface area contributed by atoms with Crippen molar-refractivity contribution in [2.75, 3.05) is 13.2 Å². The normalized spacial score (nSPS) is 18.1. The van der Waals surface area contributed by atoms with Crippen LogP contribution in [-0.2, 0) is 19.1 Å². The van der Waals surface area contributed by atoms with Gasteiger partial charge in [0.05, 0.1) is 35.3 Å². The fourth-order valence-electron chi connectivity index (χ4n) is 4.22. The van der Waals surface area contributed by atoms with Crippen LogP contribution >= 0.6 is 0 Å². The Kier molecular flexibility index (Phi) is 6.91. The molecule has 0 radical (unpaired) electrons. The minimum atomic E-state index is -1.22. The number of benzene rings is 1. The van der Waals surface area contributed by atoms with Crippen molar-refractivity contribution in [3.8, 4) is 0 Å². The van der Waals surface area contributed by atoms with Gasteiger partial charge in [0, 0.05) is 0 Å². The van der Waals surface area contributed by atoms with Crippen LogP contribution in [0, 0.1) is 5.92 Å². The van der Waals surface area contributed by atoms with Crippen molar-refractivity contribution in [2.24, 2.45) is 5.92 Å². The predicted octanol–water partition coefficient (Wildman–Crippen LogP) is 2.31. The molecule has 1 aromatic heterocycles. The molecule has 188 valence electrons. The van der Waals surface area contributed by atoms with Gasteiger partial charge in [0.2, 0.25) is 0 Å². The van der Waals surface area contributed by atoms with E-state index in [-0.39, 0.29) is 34.8 Å². The molecular weight excluding hydrogens is 470 g/mol. The smallest absolute Gasteiger partial charge is 0.338 e. The molecule has 36 heavy (non-hydrogen) atoms. The molecule has 2 aromatic rings. The summed E-state index contributed by atoms with van der Waals surface area (Å²) in [5.41, 5.74) is 0.415. The largest absolute Gasteiger partial charge is 0.467 e. The molecule has 0 spiro atoms. The second-order valence-electron chi connectivity index (χ2n) is 8.48. The van der Waals surface area contributed by atoms with Crippen LogP contribution in [0.2, 0.25) is 0 Å². The van der Waals surface area contributed by atoms with Crippen LogP contribution in [0.5, 0.6) is 0 Å². The van der Waals surface area contributed by atoms with E-state index in [1.165, 1.54) is 18.4 Å². The molecule has 0 saturated carbocycles. The van der Waals surface area contributed by atoms with Crippen LogP contribution in [0.3, 0.4) is 0 Å². The average Bonchev–Trinajstić information content (AvgIpc) is 3.46. The first kappa shape index (κ1) is 24.7. The van der Waals surface area contributed by atoms with Crippen molar-refractivity contribution in [2.45, 2.75) is 32.9 Å². The zero-order valence-electron chi connectivity index (χ0n) is 19.9. The molecule has 2 aliphatic heterocycles. The Hall–Kier alpha value is -4.41. The minimum Gasteiger partial charge on any atom is -0.467 e. The first-order valence-corrected chi connectivity index (χ1v) is 11.4. The molecule has 3 heterocycles. The molecule has 11 heteroatoms. The second-order valence-corrected chi connectivity index (χ2v) is 8.48. The van der Waals surface area contributed by atoms with Crippen molar-refractivity contribution in [1.82, 2.24) is 15.5 Å². The first-order chi connectivity index (χ1) is 17.2. The Labute approximate surface area is 206 Å². The number of furan rings is 1. The summed E-state index contributed by atoms with van der Waals surface area (Å²) in [5.74, 6) is -2.98. The molecule has 0 aliphatic carbocycles. The highest BCUT2D eigenvalue weighted by Gasteiger charge is 2.45. The fraction of sp³-hybridized carbons (Fsp3) is 0.320. The van der Waals surface area contributed by atoms with E-state index in [0.29, 0.717) is 0 Å². The topological polar surface area (TPSA) is 144 Å². The van der Waals surface area contributed by atoms with E-state index in [0.717, 1.165) is 4.90 Å². The van der Waals surface area contributed by atoms with Gasteiger partial charge in [0.15, 0.2) is 0 Å². The van der Waals surface area contributed by atoms with Crippen molar-refractivity contribution in [3.05, 3.63) is 70.8 Å². The summed E-state index contributed by atoms with van der Waals surface area (Å²) in [6.07, 6.45) is 1.39. The summed E-state index contributed by atoms with van der Waals surface area (Å²) < 4.78 is 16.0. The van der Waals surface area contributed by atoms with E-state index in [2.05, 4.69) is 10.6 Å². The van der Waals surface area contributed by atoms with Gasteiger partial charge in [-0.15, -0.1) is 0 Å². The number of nitrogens with one attached hydrogen (secondary N) is 2. The van der Waals surface area contributed by atoms with Crippen molar-refractivity contribution in [1.29, 1.82) is 0 Å². The van der Waals surface area contributed by atoms with Gasteiger partial charge < -0.3 is 24.5 Å². The van der Waals surface area contributed by atoms with E-state index >= 15 is 0 Å². The molecule has 0 bridgehead atoms. The Morgan fingerprint density at radius 1 is 1.03 bits per heavy atom. The van der Waals surface area contributed by atoms with Crippen molar-refractivity contribution >= 4 is 29.8 Å². The van der Waals surface area contributed by atoms with Crippen LogP contribution in [0.1, 0.15) is 53.3 Å². The highest BCUT2D eigenvalue weighted by atomic mass is 16.5. The summed E-state index contributed by atoms with van der Waals surface area (Å²) in [6.45, 7) is 4.55. The quantitative estimate of drug-likeness (QED) is 0.419. The summed E-state index contributed by atoms with van der Waals surface area (Å²) in [5, 5.41) is 5.08. The fourth-order valence-corrected chi connectivity index (χ4v) is 4.22. The van der Waals surface area contributed by atoms with E-state index in [1.807, 2.05) is 0 Å². The van der Waals surface area contributed by atoms with E-state index in [1.54, 1.807) is 45.0 Å². The van der Waals surface area contributed by atoms with Gasteiger partial charge in [-0.05, 0) is 37.1 Å². The molecule has 1 aromatic carbocycles. The molecule has 4 amide bonds. The third-order valence-corrected chi connectivity index (χ3v) is 5.81. The predicted molar refractivity (Wildman–Crippen MR) is 123 cm³/mol. The lowest BCUT2D eigenvalue weighted by molar-refractivity contribution is -0.149. The summed E-state index contributed by atoms with van der Waals surface area (Å²) in [4.78, 5) is 65.1. The average molecular weight is 495 g/mol. The highest BCUT2D eigenvalue weighted by Crippen LogP contribution is 2.30. The maximum atomic E-state index is 13.2. The third-order valence-electron chi connectivity index (χ3n) is 5.81. The summed E-state index contributed by atoms with van der Waals surface area (Å²) in [7, 11) is 0. The lowest BCUT2D eigenvalue weighted by Crippen LogP contribution is -2.50. The van der Waals surface area contributed by atoms with E-state index in [9.17, 15) is 24.0 Å². The highest BCUT2D eigenvalue weighted by molar-refractivity contribution is 6.22. The number of nitrogens with zero attached hydrogens (tertiary/aromatic N) is 1. The summed E-state index contributed by atoms with van der Waals surface area (Å²) >= 11 is 0. The zero-order chi connectivity index (χ0) is 26.0. The van der Waals surface area contributed by atoms with Gasteiger partial charge in [0.25, 0.3) is 11.8 Å². The number of hydrogen-bond acceptors (Lipinski definition) is 8. The number of urea groups is 1. The molecule has 2 aliphatic rings. The number of fused-ring (bicyclic) bond motifs is 1. The molecule has 11 nitrogen and oxygen atoms in total. The Morgan fingerprint density at radius 3 is 2.25 bits per heavy atom. The van der Waals surface area contributed by atoms with Gasteiger partial charge >= 0.3 is 18.0 Å². The SMILES string of the molecule is CCOC(=O)C1=C(COC(=O)[C@H](C(C)C)N2C(=O)c3ccccc3C2=O)NC(=O)N[C@@H]1c1ccco1. The molecule has 4 rings (SSSR count). The Morgan fingerprint density at radius 2 is 1.69 bits per heavy atom. The number of amides is 4. The van der Waals surface area contributed by atoms with Crippen LogP contribution in [-0.4, -0.2) is 53.9 Å². The van der Waals surface area contributed by atoms with Crippen molar-refractivity contribution in [3.63, 3.8) is 0 Å². The number of esters is 2. The molecular formula is C25H25N3O8. The van der Waals surface area contributed by atoms with Crippen LogP contribution in [0.4, 0.5) is 4.79 Å². The van der Waals surface area contributed by atoms with Crippen LogP contribution in [0.25, 0.3) is 0 Å². The molecule has 0 saturated heterocycles. The molecule has 0 unspecified atom stereocenters. The van der Waals surface area contributed by atoms with Crippen LogP contribution < -0.4 is 10.6 Å². The maximum absolute atomic E-state index is 13.2. The molecule has 2 atom stereocenters. The Bertz CT molecular complexity index is 1210. The Balaban J connectivity index is 1.61. The maximum Gasteiger partial charge on any atom is 0.338 e. The monoisotopic (exact) mass is 495 g/mol.